The summed E-state index contributed by atoms with van der Waals surface area (Å²) in [5.41, 5.74) is 0.687. The number of benzene rings is 1. The number of anilines is 2. The molecular weight excluding hydrogens is 311 g/mol. The van der Waals surface area contributed by atoms with Gasteiger partial charge in [0, 0.05) is 19.7 Å². The van der Waals surface area contributed by atoms with Crippen LogP contribution in [0.2, 0.25) is 0 Å². The van der Waals surface area contributed by atoms with E-state index < -0.39 is 12.3 Å². The molecule has 23 heavy (non-hydrogen) atoms. The number of carbonyl (C=O) groups is 1. The highest BCUT2D eigenvalue weighted by molar-refractivity contribution is 6.04. The Morgan fingerprint density at radius 1 is 1.13 bits per heavy atom. The van der Waals surface area contributed by atoms with E-state index in [2.05, 4.69) is 15.0 Å². The lowest BCUT2D eigenvalue weighted by molar-refractivity contribution is -0.274. The van der Waals surface area contributed by atoms with Gasteiger partial charge in [-0.15, -0.1) is 13.2 Å². The highest BCUT2D eigenvalue weighted by atomic mass is 19.4. The SMILES string of the molecule is CN(C)c1ccc(NC(=O)c2ccc(OC(F)(F)F)cc2)cn1. The Morgan fingerprint density at radius 3 is 2.26 bits per heavy atom. The van der Waals surface area contributed by atoms with E-state index in [9.17, 15) is 18.0 Å². The van der Waals surface area contributed by atoms with Crippen molar-refractivity contribution < 1.29 is 22.7 Å². The van der Waals surface area contributed by atoms with Gasteiger partial charge in [0.2, 0.25) is 0 Å². The van der Waals surface area contributed by atoms with Crippen molar-refractivity contribution in [3.63, 3.8) is 0 Å². The van der Waals surface area contributed by atoms with Crippen LogP contribution < -0.4 is 15.0 Å². The van der Waals surface area contributed by atoms with Crippen molar-refractivity contribution in [1.29, 1.82) is 0 Å². The van der Waals surface area contributed by atoms with Crippen LogP contribution >= 0.6 is 0 Å². The van der Waals surface area contributed by atoms with Crippen molar-refractivity contribution in [2.75, 3.05) is 24.3 Å². The molecule has 1 N–H and O–H groups in total. The molecule has 1 aromatic carbocycles. The first-order valence-corrected chi connectivity index (χ1v) is 6.55. The van der Waals surface area contributed by atoms with Crippen LogP contribution in [-0.2, 0) is 0 Å². The Labute approximate surface area is 130 Å². The van der Waals surface area contributed by atoms with E-state index in [1.54, 1.807) is 12.1 Å². The average Bonchev–Trinajstić information content (AvgIpc) is 2.46. The van der Waals surface area contributed by atoms with Crippen LogP contribution in [0.1, 0.15) is 10.4 Å². The van der Waals surface area contributed by atoms with Crippen molar-refractivity contribution in [1.82, 2.24) is 4.98 Å². The molecule has 0 aliphatic heterocycles. The van der Waals surface area contributed by atoms with Gasteiger partial charge in [-0.3, -0.25) is 4.79 Å². The van der Waals surface area contributed by atoms with Crippen LogP contribution in [0.4, 0.5) is 24.7 Å². The van der Waals surface area contributed by atoms with Crippen LogP contribution in [-0.4, -0.2) is 31.3 Å². The number of nitrogens with zero attached hydrogens (tertiary/aromatic N) is 2. The summed E-state index contributed by atoms with van der Waals surface area (Å²) >= 11 is 0. The highest BCUT2D eigenvalue weighted by Gasteiger charge is 2.31. The number of alkyl halides is 3. The van der Waals surface area contributed by atoms with Gasteiger partial charge in [0.15, 0.2) is 0 Å². The summed E-state index contributed by atoms with van der Waals surface area (Å²) in [4.78, 5) is 18.0. The van der Waals surface area contributed by atoms with Gasteiger partial charge in [-0.25, -0.2) is 4.98 Å². The zero-order chi connectivity index (χ0) is 17.0. The first-order valence-electron chi connectivity index (χ1n) is 6.55. The predicted molar refractivity (Wildman–Crippen MR) is 79.6 cm³/mol. The fourth-order valence-corrected chi connectivity index (χ4v) is 1.74. The first-order chi connectivity index (χ1) is 10.7. The van der Waals surface area contributed by atoms with Gasteiger partial charge in [-0.2, -0.15) is 0 Å². The van der Waals surface area contributed by atoms with Gasteiger partial charge in [-0.1, -0.05) is 0 Å². The number of aromatic nitrogens is 1. The third-order valence-electron chi connectivity index (χ3n) is 2.81. The predicted octanol–water partition coefficient (Wildman–Crippen LogP) is 3.30. The monoisotopic (exact) mass is 325 g/mol. The lowest BCUT2D eigenvalue weighted by atomic mass is 10.2. The van der Waals surface area contributed by atoms with Gasteiger partial charge in [0.05, 0.1) is 11.9 Å². The van der Waals surface area contributed by atoms with E-state index in [4.69, 9.17) is 0 Å². The number of hydrogen-bond acceptors (Lipinski definition) is 4. The van der Waals surface area contributed by atoms with Crippen molar-refractivity contribution in [2.24, 2.45) is 0 Å². The van der Waals surface area contributed by atoms with E-state index in [1.165, 1.54) is 18.3 Å². The topological polar surface area (TPSA) is 54.5 Å². The summed E-state index contributed by atoms with van der Waals surface area (Å²) in [5, 5.41) is 2.61. The largest absolute Gasteiger partial charge is 0.573 e. The number of hydrogen-bond donors (Lipinski definition) is 1. The van der Waals surface area contributed by atoms with E-state index >= 15 is 0 Å². The minimum atomic E-state index is -4.76. The molecule has 2 aromatic rings. The average molecular weight is 325 g/mol. The maximum Gasteiger partial charge on any atom is 0.573 e. The summed E-state index contributed by atoms with van der Waals surface area (Å²) in [5.74, 6) is -0.106. The minimum absolute atomic E-state index is 0.205. The molecule has 0 radical (unpaired) electrons. The summed E-state index contributed by atoms with van der Waals surface area (Å²) in [6.45, 7) is 0. The third-order valence-corrected chi connectivity index (χ3v) is 2.81. The van der Waals surface area contributed by atoms with Gasteiger partial charge in [0.25, 0.3) is 5.91 Å². The summed E-state index contributed by atoms with van der Waals surface area (Å²) < 4.78 is 39.9. The molecule has 0 aliphatic carbocycles. The number of amides is 1. The quantitative estimate of drug-likeness (QED) is 0.937. The molecule has 0 aliphatic rings. The Bertz CT molecular complexity index is 668. The Balaban J connectivity index is 2.03. The molecule has 0 fully saturated rings. The van der Waals surface area contributed by atoms with E-state index in [0.717, 1.165) is 18.0 Å². The van der Waals surface area contributed by atoms with Crippen LogP contribution in [0.3, 0.4) is 0 Å². The molecule has 0 unspecified atom stereocenters. The van der Waals surface area contributed by atoms with Crippen LogP contribution in [0.15, 0.2) is 42.6 Å². The standard InChI is InChI=1S/C15H14F3N3O2/c1-21(2)13-8-5-11(9-19-13)20-14(22)10-3-6-12(7-4-10)23-15(16,17)18/h3-9H,1-2H3,(H,20,22). The molecule has 5 nitrogen and oxygen atoms in total. The second kappa shape index (κ2) is 6.55. The zero-order valence-corrected chi connectivity index (χ0v) is 12.4. The number of halogens is 3. The Hall–Kier alpha value is -2.77. The maximum absolute atomic E-state index is 12.1. The molecule has 1 amide bonds. The van der Waals surface area contributed by atoms with Crippen molar-refractivity contribution in [3.8, 4) is 5.75 Å². The fraction of sp³-hybridized carbons (Fsp3) is 0.200. The lowest BCUT2D eigenvalue weighted by Gasteiger charge is -2.12. The first kappa shape index (κ1) is 16.6. The molecule has 0 bridgehead atoms. The highest BCUT2D eigenvalue weighted by Crippen LogP contribution is 2.23. The molecule has 2 rings (SSSR count). The second-order valence-electron chi connectivity index (χ2n) is 4.83. The van der Waals surface area contributed by atoms with Gasteiger partial charge in [0.1, 0.15) is 11.6 Å². The molecule has 0 spiro atoms. The molecule has 0 saturated carbocycles. The van der Waals surface area contributed by atoms with Crippen molar-refractivity contribution in [2.45, 2.75) is 6.36 Å². The normalized spacial score (nSPS) is 11.0. The molecule has 1 aromatic heterocycles. The van der Waals surface area contributed by atoms with Crippen LogP contribution in [0.25, 0.3) is 0 Å². The Kier molecular flexibility index (Phi) is 4.73. The summed E-state index contributed by atoms with van der Waals surface area (Å²) in [6.07, 6.45) is -3.27. The van der Waals surface area contributed by atoms with Crippen molar-refractivity contribution in [3.05, 3.63) is 48.2 Å². The van der Waals surface area contributed by atoms with Crippen LogP contribution in [0.5, 0.6) is 5.75 Å². The number of rotatable bonds is 4. The second-order valence-corrected chi connectivity index (χ2v) is 4.83. The van der Waals surface area contributed by atoms with Crippen LogP contribution in [0, 0.1) is 0 Å². The number of carbonyl (C=O) groups excluding carboxylic acids is 1. The van der Waals surface area contributed by atoms with Gasteiger partial charge < -0.3 is 15.0 Å². The van der Waals surface area contributed by atoms with E-state index in [0.29, 0.717) is 5.69 Å². The summed E-state index contributed by atoms with van der Waals surface area (Å²) in [7, 11) is 3.68. The molecule has 0 atom stereocenters. The molecule has 8 heteroatoms. The maximum atomic E-state index is 12.1. The van der Waals surface area contributed by atoms with Gasteiger partial charge >= 0.3 is 6.36 Å². The molecular formula is C15H14F3N3O2. The number of pyridine rings is 1. The van der Waals surface area contributed by atoms with Crippen molar-refractivity contribution >= 4 is 17.4 Å². The molecule has 122 valence electrons. The zero-order valence-electron chi connectivity index (χ0n) is 12.4. The summed E-state index contributed by atoms with van der Waals surface area (Å²) in [6, 6.07) is 8.07. The number of ether oxygens (including phenoxy) is 1. The number of nitrogens with one attached hydrogen (secondary N) is 1. The van der Waals surface area contributed by atoms with E-state index in [1.807, 2.05) is 19.0 Å². The minimum Gasteiger partial charge on any atom is -0.406 e. The third kappa shape index (κ3) is 4.87. The lowest BCUT2D eigenvalue weighted by Crippen LogP contribution is -2.17. The van der Waals surface area contributed by atoms with Gasteiger partial charge in [-0.05, 0) is 36.4 Å². The smallest absolute Gasteiger partial charge is 0.406 e. The molecule has 1 heterocycles. The Morgan fingerprint density at radius 2 is 1.78 bits per heavy atom. The fourth-order valence-electron chi connectivity index (χ4n) is 1.74. The van der Waals surface area contributed by atoms with E-state index in [-0.39, 0.29) is 11.3 Å². The molecule has 0 saturated heterocycles.